The van der Waals surface area contributed by atoms with Gasteiger partial charge in [0.1, 0.15) is 6.54 Å². The Balaban J connectivity index is 1.93. The Morgan fingerprint density at radius 1 is 0.931 bits per heavy atom. The van der Waals surface area contributed by atoms with E-state index in [1.165, 1.54) is 4.90 Å². The van der Waals surface area contributed by atoms with Crippen molar-refractivity contribution in [2.45, 2.75) is 27.7 Å². The monoisotopic (exact) mass is 396 g/mol. The molecule has 7 nitrogen and oxygen atoms in total. The maximum atomic E-state index is 12.4. The fraction of sp³-hybridized carbons (Fsp3) is 0.318. The van der Waals surface area contributed by atoms with Gasteiger partial charge in [-0.05, 0) is 63.1 Å². The summed E-state index contributed by atoms with van der Waals surface area (Å²) in [6.07, 6.45) is 0. The number of nitrogens with zero attached hydrogens (tertiary/aromatic N) is 1. The highest BCUT2D eigenvalue weighted by Gasteiger charge is 2.15. The first-order valence-corrected chi connectivity index (χ1v) is 9.49. The van der Waals surface area contributed by atoms with E-state index in [4.69, 9.17) is 0 Å². The van der Waals surface area contributed by atoms with Crippen LogP contribution >= 0.6 is 0 Å². The lowest BCUT2D eigenvalue weighted by Gasteiger charge is -2.19. The second-order valence-corrected chi connectivity index (χ2v) is 7.04. The molecule has 2 rings (SSSR count). The molecule has 0 saturated carbocycles. The normalized spacial score (nSPS) is 10.2. The van der Waals surface area contributed by atoms with Crippen LogP contribution in [0.25, 0.3) is 0 Å². The van der Waals surface area contributed by atoms with Gasteiger partial charge in [-0.2, -0.15) is 0 Å². The number of carbonyl (C=O) groups excluding carboxylic acids is 3. The zero-order valence-corrected chi connectivity index (χ0v) is 17.6. The molecule has 0 saturated heterocycles. The van der Waals surface area contributed by atoms with Gasteiger partial charge < -0.3 is 20.9 Å². The molecule has 0 aliphatic carbocycles. The molecule has 4 amide bonds. The molecule has 0 aliphatic rings. The van der Waals surface area contributed by atoms with E-state index in [-0.39, 0.29) is 18.4 Å². The van der Waals surface area contributed by atoms with E-state index in [1.807, 2.05) is 39.8 Å². The van der Waals surface area contributed by atoms with Gasteiger partial charge in [0.25, 0.3) is 5.91 Å². The number of aryl methyl sites for hydroxylation is 3. The zero-order valence-electron chi connectivity index (χ0n) is 17.6. The van der Waals surface area contributed by atoms with Crippen molar-refractivity contribution in [2.24, 2.45) is 0 Å². The van der Waals surface area contributed by atoms with Crippen LogP contribution in [0.4, 0.5) is 16.2 Å². The predicted octanol–water partition coefficient (Wildman–Crippen LogP) is 3.46. The Morgan fingerprint density at radius 2 is 1.52 bits per heavy atom. The van der Waals surface area contributed by atoms with E-state index in [0.717, 1.165) is 22.4 Å². The first-order chi connectivity index (χ1) is 13.7. The number of benzene rings is 2. The van der Waals surface area contributed by atoms with Crippen molar-refractivity contribution in [1.29, 1.82) is 0 Å². The number of amides is 4. The van der Waals surface area contributed by atoms with Crippen LogP contribution in [0, 0.1) is 20.8 Å². The van der Waals surface area contributed by atoms with Crippen molar-refractivity contribution < 1.29 is 14.4 Å². The Hall–Kier alpha value is -3.35. The number of hydrogen-bond donors (Lipinski definition) is 3. The third-order valence-electron chi connectivity index (χ3n) is 4.40. The van der Waals surface area contributed by atoms with Gasteiger partial charge in [0.2, 0.25) is 5.91 Å². The molecule has 0 heterocycles. The second kappa shape index (κ2) is 9.73. The lowest BCUT2D eigenvalue weighted by atomic mass is 10.1. The molecule has 0 spiro atoms. The van der Waals surface area contributed by atoms with Crippen LogP contribution in [-0.2, 0) is 4.79 Å². The highest BCUT2D eigenvalue weighted by atomic mass is 16.2. The van der Waals surface area contributed by atoms with Gasteiger partial charge in [-0.25, -0.2) is 4.79 Å². The summed E-state index contributed by atoms with van der Waals surface area (Å²) in [6, 6.07) is 10.2. The molecule has 0 bridgehead atoms. The molecule has 2 aromatic carbocycles. The number of anilines is 2. The lowest BCUT2D eigenvalue weighted by Crippen LogP contribution is -2.37. The molecular weight excluding hydrogens is 368 g/mol. The van der Waals surface area contributed by atoms with Crippen molar-refractivity contribution in [1.82, 2.24) is 10.2 Å². The summed E-state index contributed by atoms with van der Waals surface area (Å²) in [5, 5.41) is 8.31. The zero-order chi connectivity index (χ0) is 21.6. The third-order valence-corrected chi connectivity index (χ3v) is 4.40. The number of rotatable bonds is 6. The molecule has 0 aliphatic heterocycles. The van der Waals surface area contributed by atoms with Gasteiger partial charge in [0.15, 0.2) is 0 Å². The first kappa shape index (κ1) is 21.9. The van der Waals surface area contributed by atoms with Crippen molar-refractivity contribution in [2.75, 3.05) is 30.8 Å². The van der Waals surface area contributed by atoms with E-state index >= 15 is 0 Å². The highest BCUT2D eigenvalue weighted by Crippen LogP contribution is 2.21. The van der Waals surface area contributed by atoms with Crippen LogP contribution in [0.15, 0.2) is 36.4 Å². The molecule has 0 unspecified atom stereocenters. The molecule has 0 atom stereocenters. The maximum absolute atomic E-state index is 12.4. The topological polar surface area (TPSA) is 90.5 Å². The summed E-state index contributed by atoms with van der Waals surface area (Å²) in [7, 11) is 1.55. The molecular formula is C22H28N4O3. The number of nitrogens with one attached hydrogen (secondary N) is 3. The van der Waals surface area contributed by atoms with Crippen molar-refractivity contribution in [3.63, 3.8) is 0 Å². The Bertz CT molecular complexity index is 884. The summed E-state index contributed by atoms with van der Waals surface area (Å²) in [5.74, 6) is -0.440. The fourth-order valence-electron chi connectivity index (χ4n) is 3.03. The predicted molar refractivity (Wildman–Crippen MR) is 115 cm³/mol. The molecule has 0 fully saturated rings. The number of hydrogen-bond acceptors (Lipinski definition) is 3. The number of carbonyl (C=O) groups is 3. The van der Waals surface area contributed by atoms with Crippen LogP contribution < -0.4 is 16.0 Å². The molecule has 7 heteroatoms. The SMILES string of the molecule is CCNC(=O)c1ccc(NC(=O)N(C)CC(=O)Nc2c(C)cc(C)cc2C)cc1. The summed E-state index contributed by atoms with van der Waals surface area (Å²) >= 11 is 0. The second-order valence-electron chi connectivity index (χ2n) is 7.04. The number of urea groups is 1. The van der Waals surface area contributed by atoms with Gasteiger partial charge in [-0.1, -0.05) is 17.7 Å². The Kier molecular flexibility index (Phi) is 7.36. The maximum Gasteiger partial charge on any atom is 0.322 e. The van der Waals surface area contributed by atoms with Gasteiger partial charge in [0.05, 0.1) is 0 Å². The van der Waals surface area contributed by atoms with E-state index in [0.29, 0.717) is 17.8 Å². The minimum atomic E-state index is -0.414. The van der Waals surface area contributed by atoms with Gasteiger partial charge in [-0.15, -0.1) is 0 Å². The quantitative estimate of drug-likeness (QED) is 0.698. The molecule has 0 aromatic heterocycles. The van der Waals surface area contributed by atoms with Crippen LogP contribution in [0.2, 0.25) is 0 Å². The van der Waals surface area contributed by atoms with E-state index in [2.05, 4.69) is 16.0 Å². The average Bonchev–Trinajstić information content (AvgIpc) is 2.65. The van der Waals surface area contributed by atoms with Crippen molar-refractivity contribution in [3.05, 3.63) is 58.7 Å². The van der Waals surface area contributed by atoms with Crippen molar-refractivity contribution >= 4 is 29.2 Å². The van der Waals surface area contributed by atoms with Crippen molar-refractivity contribution in [3.8, 4) is 0 Å². The fourth-order valence-corrected chi connectivity index (χ4v) is 3.03. The lowest BCUT2D eigenvalue weighted by molar-refractivity contribution is -0.116. The van der Waals surface area contributed by atoms with E-state index < -0.39 is 6.03 Å². The van der Waals surface area contributed by atoms with Crippen LogP contribution in [0.5, 0.6) is 0 Å². The minimum absolute atomic E-state index is 0.0877. The Labute approximate surface area is 171 Å². The smallest absolute Gasteiger partial charge is 0.322 e. The molecule has 3 N–H and O–H groups in total. The molecule has 2 aromatic rings. The third kappa shape index (κ3) is 6.07. The van der Waals surface area contributed by atoms with E-state index in [9.17, 15) is 14.4 Å². The van der Waals surface area contributed by atoms with Gasteiger partial charge in [0, 0.05) is 30.5 Å². The Morgan fingerprint density at radius 3 is 2.07 bits per heavy atom. The standard InChI is InChI=1S/C22H28N4O3/c1-6-23-21(28)17-7-9-18(10-8-17)24-22(29)26(5)13-19(27)25-20-15(3)11-14(2)12-16(20)4/h7-12H,6,13H2,1-5H3,(H,23,28)(H,24,29)(H,25,27). The summed E-state index contributed by atoms with van der Waals surface area (Å²) in [4.78, 5) is 37.8. The molecule has 0 radical (unpaired) electrons. The summed E-state index contributed by atoms with van der Waals surface area (Å²) in [6.45, 7) is 8.20. The van der Waals surface area contributed by atoms with Crippen LogP contribution in [0.1, 0.15) is 34.0 Å². The number of likely N-dealkylation sites (N-methyl/N-ethyl adjacent to an activating group) is 1. The highest BCUT2D eigenvalue weighted by molar-refractivity contribution is 5.98. The summed E-state index contributed by atoms with van der Waals surface area (Å²) < 4.78 is 0. The van der Waals surface area contributed by atoms with Gasteiger partial charge in [-0.3, -0.25) is 9.59 Å². The largest absolute Gasteiger partial charge is 0.352 e. The molecule has 154 valence electrons. The van der Waals surface area contributed by atoms with E-state index in [1.54, 1.807) is 31.3 Å². The average molecular weight is 396 g/mol. The first-order valence-electron chi connectivity index (χ1n) is 9.49. The molecule has 29 heavy (non-hydrogen) atoms. The van der Waals surface area contributed by atoms with Crippen LogP contribution in [-0.4, -0.2) is 42.9 Å². The summed E-state index contributed by atoms with van der Waals surface area (Å²) in [5.41, 5.74) is 4.93. The van der Waals surface area contributed by atoms with Crippen LogP contribution in [0.3, 0.4) is 0 Å². The minimum Gasteiger partial charge on any atom is -0.352 e. The van der Waals surface area contributed by atoms with Gasteiger partial charge >= 0.3 is 6.03 Å².